The van der Waals surface area contributed by atoms with Gasteiger partial charge < -0.3 is 20.1 Å². The molecular formula is C13H22N2O4. The van der Waals surface area contributed by atoms with Crippen molar-refractivity contribution >= 4 is 12.0 Å². The Bertz CT molecular complexity index is 349. The van der Waals surface area contributed by atoms with Crippen molar-refractivity contribution in [1.82, 2.24) is 10.2 Å². The van der Waals surface area contributed by atoms with Gasteiger partial charge in [0, 0.05) is 26.7 Å². The summed E-state index contributed by atoms with van der Waals surface area (Å²) in [5.74, 6) is -1.25. The van der Waals surface area contributed by atoms with Crippen LogP contribution in [0.4, 0.5) is 4.79 Å². The highest BCUT2D eigenvalue weighted by molar-refractivity contribution is 5.76. The SMILES string of the molecule is COC1(CNC(=O)N2CCC[C@@H](C(=O)O)C2)CCC1. The van der Waals surface area contributed by atoms with Gasteiger partial charge in [0.25, 0.3) is 0 Å². The fraction of sp³-hybridized carbons (Fsp3) is 0.846. The fourth-order valence-electron chi connectivity index (χ4n) is 2.74. The van der Waals surface area contributed by atoms with Crippen LogP contribution in [0.1, 0.15) is 32.1 Å². The quantitative estimate of drug-likeness (QED) is 0.800. The molecule has 2 aliphatic rings. The average Bonchev–Trinajstić information content (AvgIpc) is 2.38. The van der Waals surface area contributed by atoms with Gasteiger partial charge in [-0.05, 0) is 32.1 Å². The van der Waals surface area contributed by atoms with Gasteiger partial charge >= 0.3 is 12.0 Å². The predicted molar refractivity (Wildman–Crippen MR) is 68.9 cm³/mol. The molecule has 1 atom stereocenters. The van der Waals surface area contributed by atoms with Crippen molar-refractivity contribution in [2.45, 2.75) is 37.7 Å². The van der Waals surface area contributed by atoms with E-state index < -0.39 is 11.9 Å². The van der Waals surface area contributed by atoms with Crippen LogP contribution in [0.5, 0.6) is 0 Å². The number of carbonyl (C=O) groups is 2. The van der Waals surface area contributed by atoms with Crippen LogP contribution in [0.2, 0.25) is 0 Å². The molecule has 1 aliphatic heterocycles. The molecule has 2 amide bonds. The lowest BCUT2D eigenvalue weighted by molar-refractivity contribution is -0.143. The van der Waals surface area contributed by atoms with Crippen molar-refractivity contribution in [3.63, 3.8) is 0 Å². The second-order valence-corrected chi connectivity index (χ2v) is 5.52. The van der Waals surface area contributed by atoms with E-state index in [1.165, 1.54) is 0 Å². The van der Waals surface area contributed by atoms with Crippen molar-refractivity contribution in [2.75, 3.05) is 26.7 Å². The summed E-state index contributed by atoms with van der Waals surface area (Å²) in [6, 6.07) is -0.172. The number of ether oxygens (including phenoxy) is 1. The molecule has 0 unspecified atom stereocenters. The molecule has 0 aromatic rings. The van der Waals surface area contributed by atoms with E-state index in [1.807, 2.05) is 0 Å². The maximum Gasteiger partial charge on any atom is 0.317 e. The van der Waals surface area contributed by atoms with Gasteiger partial charge in [0.15, 0.2) is 0 Å². The number of carbonyl (C=O) groups excluding carboxylic acids is 1. The smallest absolute Gasteiger partial charge is 0.317 e. The minimum absolute atomic E-state index is 0.172. The van der Waals surface area contributed by atoms with Gasteiger partial charge in [0.1, 0.15) is 0 Å². The zero-order valence-corrected chi connectivity index (χ0v) is 11.4. The number of nitrogens with one attached hydrogen (secondary N) is 1. The average molecular weight is 270 g/mol. The van der Waals surface area contributed by atoms with Gasteiger partial charge in [0.2, 0.25) is 0 Å². The highest BCUT2D eigenvalue weighted by Crippen LogP contribution is 2.34. The zero-order valence-electron chi connectivity index (χ0n) is 11.4. The van der Waals surface area contributed by atoms with E-state index >= 15 is 0 Å². The summed E-state index contributed by atoms with van der Waals surface area (Å²) >= 11 is 0. The fourth-order valence-corrected chi connectivity index (χ4v) is 2.74. The molecule has 6 nitrogen and oxygen atoms in total. The first-order chi connectivity index (χ1) is 9.06. The number of carboxylic acids is 1. The number of rotatable bonds is 4. The lowest BCUT2D eigenvalue weighted by Crippen LogP contribution is -2.53. The summed E-state index contributed by atoms with van der Waals surface area (Å²) in [6.07, 6.45) is 4.48. The third-order valence-electron chi connectivity index (χ3n) is 4.32. The lowest BCUT2D eigenvalue weighted by atomic mass is 9.80. The minimum atomic E-state index is -0.815. The molecule has 1 heterocycles. The number of likely N-dealkylation sites (tertiary alicyclic amines) is 1. The number of nitrogens with zero attached hydrogens (tertiary/aromatic N) is 1. The molecule has 19 heavy (non-hydrogen) atoms. The number of piperidine rings is 1. The number of aliphatic carboxylic acids is 1. The van der Waals surface area contributed by atoms with E-state index in [9.17, 15) is 9.59 Å². The minimum Gasteiger partial charge on any atom is -0.481 e. The number of hydrogen-bond acceptors (Lipinski definition) is 3. The maximum absolute atomic E-state index is 12.0. The molecule has 0 spiro atoms. The Morgan fingerprint density at radius 1 is 1.42 bits per heavy atom. The molecule has 0 aromatic heterocycles. The van der Waals surface area contributed by atoms with E-state index in [4.69, 9.17) is 9.84 Å². The van der Waals surface area contributed by atoms with Crippen LogP contribution >= 0.6 is 0 Å². The van der Waals surface area contributed by atoms with Crippen LogP contribution < -0.4 is 5.32 Å². The predicted octanol–water partition coefficient (Wildman–Crippen LogP) is 1.06. The van der Waals surface area contributed by atoms with E-state index in [0.29, 0.717) is 26.1 Å². The third-order valence-corrected chi connectivity index (χ3v) is 4.32. The Kier molecular flexibility index (Phi) is 4.29. The van der Waals surface area contributed by atoms with Crippen LogP contribution in [0.3, 0.4) is 0 Å². The number of amides is 2. The van der Waals surface area contributed by atoms with E-state index in [0.717, 1.165) is 25.7 Å². The number of carboxylic acid groups (broad SMARTS) is 1. The highest BCUT2D eigenvalue weighted by atomic mass is 16.5. The Hall–Kier alpha value is -1.30. The molecule has 108 valence electrons. The van der Waals surface area contributed by atoms with Gasteiger partial charge in [-0.25, -0.2) is 4.79 Å². The molecule has 2 N–H and O–H groups in total. The Morgan fingerprint density at radius 2 is 2.16 bits per heavy atom. The molecule has 0 bridgehead atoms. The molecule has 1 saturated carbocycles. The molecule has 1 saturated heterocycles. The Balaban J connectivity index is 1.81. The van der Waals surface area contributed by atoms with Crippen molar-refractivity contribution in [1.29, 1.82) is 0 Å². The van der Waals surface area contributed by atoms with Crippen molar-refractivity contribution < 1.29 is 19.4 Å². The number of hydrogen-bond donors (Lipinski definition) is 2. The van der Waals surface area contributed by atoms with Crippen molar-refractivity contribution in [3.8, 4) is 0 Å². The molecule has 1 aliphatic carbocycles. The van der Waals surface area contributed by atoms with Crippen LogP contribution in [0, 0.1) is 5.92 Å². The molecule has 6 heteroatoms. The van der Waals surface area contributed by atoms with Crippen LogP contribution in [0.25, 0.3) is 0 Å². The van der Waals surface area contributed by atoms with Crippen LogP contribution in [-0.4, -0.2) is 54.4 Å². The summed E-state index contributed by atoms with van der Waals surface area (Å²) in [5.41, 5.74) is -0.197. The van der Waals surface area contributed by atoms with Gasteiger partial charge in [0.05, 0.1) is 11.5 Å². The first kappa shape index (κ1) is 14.1. The van der Waals surface area contributed by atoms with Gasteiger partial charge in [-0.3, -0.25) is 4.79 Å². The van der Waals surface area contributed by atoms with Crippen molar-refractivity contribution in [3.05, 3.63) is 0 Å². The van der Waals surface area contributed by atoms with Gasteiger partial charge in [-0.15, -0.1) is 0 Å². The maximum atomic E-state index is 12.0. The first-order valence-corrected chi connectivity index (χ1v) is 6.87. The second-order valence-electron chi connectivity index (χ2n) is 5.52. The Morgan fingerprint density at radius 3 is 2.68 bits per heavy atom. The Labute approximate surface area is 113 Å². The van der Waals surface area contributed by atoms with Crippen LogP contribution in [0.15, 0.2) is 0 Å². The van der Waals surface area contributed by atoms with Crippen molar-refractivity contribution in [2.24, 2.45) is 5.92 Å². The summed E-state index contributed by atoms with van der Waals surface area (Å²) < 4.78 is 5.44. The standard InChI is InChI=1S/C13H22N2O4/c1-19-13(5-3-6-13)9-14-12(18)15-7-2-4-10(8-15)11(16)17/h10H,2-9H2,1H3,(H,14,18)(H,16,17)/t10-/m1/s1. The second kappa shape index (κ2) is 5.77. The first-order valence-electron chi connectivity index (χ1n) is 6.87. The van der Waals surface area contributed by atoms with E-state index in [-0.39, 0.29) is 11.6 Å². The molecule has 0 aromatic carbocycles. The monoisotopic (exact) mass is 270 g/mol. The lowest BCUT2D eigenvalue weighted by Gasteiger charge is -2.41. The van der Waals surface area contributed by atoms with Crippen LogP contribution in [-0.2, 0) is 9.53 Å². The van der Waals surface area contributed by atoms with E-state index in [2.05, 4.69) is 5.32 Å². The third kappa shape index (κ3) is 3.18. The molecule has 2 rings (SSSR count). The summed E-state index contributed by atoms with van der Waals surface area (Å²) in [7, 11) is 1.67. The molecular weight excluding hydrogens is 248 g/mol. The highest BCUT2D eigenvalue weighted by Gasteiger charge is 2.38. The topological polar surface area (TPSA) is 78.9 Å². The summed E-state index contributed by atoms with van der Waals surface area (Å²) in [5, 5.41) is 11.9. The van der Waals surface area contributed by atoms with E-state index in [1.54, 1.807) is 12.0 Å². The number of methoxy groups -OCH3 is 1. The largest absolute Gasteiger partial charge is 0.481 e. The molecule has 2 fully saturated rings. The summed E-state index contributed by atoms with van der Waals surface area (Å²) in [4.78, 5) is 24.6. The molecule has 0 radical (unpaired) electrons. The normalized spacial score (nSPS) is 25.5. The van der Waals surface area contributed by atoms with Gasteiger partial charge in [-0.1, -0.05) is 0 Å². The van der Waals surface area contributed by atoms with Gasteiger partial charge in [-0.2, -0.15) is 0 Å². The summed E-state index contributed by atoms with van der Waals surface area (Å²) in [6.45, 7) is 1.45. The number of urea groups is 1. The zero-order chi connectivity index (χ0) is 13.9.